The summed E-state index contributed by atoms with van der Waals surface area (Å²) < 4.78 is 1.94. The second-order valence-electron chi connectivity index (χ2n) is 3.45. The lowest BCUT2D eigenvalue weighted by molar-refractivity contribution is -0.107. The molecule has 1 heterocycles. The number of aldehydes is 1. The summed E-state index contributed by atoms with van der Waals surface area (Å²) in [4.78, 5) is 14.9. The number of aromatic nitrogens is 2. The molecule has 0 saturated heterocycles. The summed E-state index contributed by atoms with van der Waals surface area (Å²) in [5, 5.41) is 8.60. The highest BCUT2D eigenvalue weighted by molar-refractivity contribution is 5.76. The van der Waals surface area contributed by atoms with E-state index in [1.165, 1.54) is 0 Å². The van der Waals surface area contributed by atoms with Crippen molar-refractivity contribution in [3.63, 3.8) is 0 Å². The van der Waals surface area contributed by atoms with Crippen LogP contribution < -0.4 is 0 Å². The van der Waals surface area contributed by atoms with Gasteiger partial charge in [-0.1, -0.05) is 12.1 Å². The Bertz CT molecular complexity index is 551. The minimum atomic E-state index is 0.292. The summed E-state index contributed by atoms with van der Waals surface area (Å²) in [6, 6.07) is 9.80. The van der Waals surface area contributed by atoms with Gasteiger partial charge in [-0.2, -0.15) is 5.26 Å². The Hall–Kier alpha value is -2.15. The van der Waals surface area contributed by atoms with E-state index in [1.807, 2.05) is 28.8 Å². The predicted molar refractivity (Wildman–Crippen MR) is 59.7 cm³/mol. The lowest BCUT2D eigenvalue weighted by Gasteiger charge is -2.03. The Morgan fingerprint density at radius 3 is 3.00 bits per heavy atom. The molecule has 1 aromatic heterocycles. The topological polar surface area (TPSA) is 58.7 Å². The molecule has 0 fully saturated rings. The summed E-state index contributed by atoms with van der Waals surface area (Å²) in [7, 11) is 0. The van der Waals surface area contributed by atoms with Crippen molar-refractivity contribution in [2.75, 3.05) is 0 Å². The van der Waals surface area contributed by atoms with Crippen LogP contribution in [0, 0.1) is 11.3 Å². The van der Waals surface area contributed by atoms with Crippen molar-refractivity contribution in [2.24, 2.45) is 0 Å². The average Bonchev–Trinajstić information content (AvgIpc) is 2.65. The van der Waals surface area contributed by atoms with Crippen LogP contribution in [-0.4, -0.2) is 15.8 Å². The smallest absolute Gasteiger partial charge is 0.127 e. The Morgan fingerprint density at radius 1 is 1.44 bits per heavy atom. The van der Waals surface area contributed by atoms with Gasteiger partial charge >= 0.3 is 0 Å². The number of fused-ring (bicyclic) bond motifs is 1. The highest BCUT2D eigenvalue weighted by Crippen LogP contribution is 2.16. The zero-order valence-corrected chi connectivity index (χ0v) is 8.76. The molecule has 0 unspecified atom stereocenters. The number of aryl methyl sites for hydroxylation is 1. The normalized spacial score (nSPS) is 10.2. The van der Waals surface area contributed by atoms with Gasteiger partial charge in [0.1, 0.15) is 12.1 Å². The molecule has 80 valence electrons. The van der Waals surface area contributed by atoms with Gasteiger partial charge < -0.3 is 9.36 Å². The van der Waals surface area contributed by atoms with Crippen molar-refractivity contribution < 1.29 is 4.79 Å². The van der Waals surface area contributed by atoms with Crippen molar-refractivity contribution in [1.29, 1.82) is 5.26 Å². The van der Waals surface area contributed by atoms with Crippen LogP contribution in [0.25, 0.3) is 11.0 Å². The highest BCUT2D eigenvalue weighted by atomic mass is 16.1. The van der Waals surface area contributed by atoms with Gasteiger partial charge in [-0.25, -0.2) is 4.98 Å². The van der Waals surface area contributed by atoms with Gasteiger partial charge in [0.2, 0.25) is 0 Å². The van der Waals surface area contributed by atoms with Gasteiger partial charge in [-0.15, -0.1) is 0 Å². The number of imidazole rings is 1. The van der Waals surface area contributed by atoms with Crippen molar-refractivity contribution in [3.05, 3.63) is 30.1 Å². The maximum atomic E-state index is 10.6. The maximum absolute atomic E-state index is 10.6. The van der Waals surface area contributed by atoms with Crippen LogP contribution in [0.3, 0.4) is 0 Å². The quantitative estimate of drug-likeness (QED) is 0.726. The first-order chi connectivity index (χ1) is 7.86. The molecule has 0 aliphatic heterocycles. The van der Waals surface area contributed by atoms with E-state index in [4.69, 9.17) is 5.26 Å². The molecule has 2 rings (SSSR count). The number of hydrogen-bond acceptors (Lipinski definition) is 3. The van der Waals surface area contributed by atoms with Crippen LogP contribution in [0.5, 0.6) is 0 Å². The third-order valence-corrected chi connectivity index (χ3v) is 2.45. The van der Waals surface area contributed by atoms with E-state index in [9.17, 15) is 4.79 Å². The minimum Gasteiger partial charge on any atom is -0.327 e. The number of nitrogens with zero attached hydrogens (tertiary/aromatic N) is 3. The first-order valence-electron chi connectivity index (χ1n) is 5.11. The molecule has 0 atom stereocenters. The van der Waals surface area contributed by atoms with Gasteiger partial charge in [0.05, 0.1) is 29.9 Å². The van der Waals surface area contributed by atoms with Gasteiger partial charge in [0.25, 0.3) is 0 Å². The first-order valence-corrected chi connectivity index (χ1v) is 5.11. The van der Waals surface area contributed by atoms with E-state index in [-0.39, 0.29) is 0 Å². The van der Waals surface area contributed by atoms with Crippen LogP contribution in [0.2, 0.25) is 0 Å². The van der Waals surface area contributed by atoms with Crippen LogP contribution in [0.1, 0.15) is 12.2 Å². The van der Waals surface area contributed by atoms with Gasteiger partial charge in [0, 0.05) is 6.54 Å². The summed E-state index contributed by atoms with van der Waals surface area (Å²) in [5.74, 6) is 0.728. The third kappa shape index (κ3) is 1.80. The number of rotatable bonds is 4. The Kier molecular flexibility index (Phi) is 2.97. The maximum Gasteiger partial charge on any atom is 0.127 e. The molecule has 0 N–H and O–H groups in total. The number of benzene rings is 1. The molecule has 0 aliphatic rings. The van der Waals surface area contributed by atoms with E-state index in [0.717, 1.165) is 23.1 Å². The van der Waals surface area contributed by atoms with Crippen molar-refractivity contribution >= 4 is 17.3 Å². The van der Waals surface area contributed by atoms with E-state index in [1.54, 1.807) is 0 Å². The number of carbonyl (C=O) groups is 1. The Labute approximate surface area is 93.1 Å². The molecule has 1 aromatic carbocycles. The third-order valence-electron chi connectivity index (χ3n) is 2.45. The van der Waals surface area contributed by atoms with E-state index in [2.05, 4.69) is 11.1 Å². The number of carbonyl (C=O) groups excluding carboxylic acids is 1. The predicted octanol–water partition coefficient (Wildman–Crippen LogP) is 1.69. The SMILES string of the molecule is N#CCCn1c(CC=O)nc2ccccc21. The lowest BCUT2D eigenvalue weighted by Crippen LogP contribution is -2.04. The lowest BCUT2D eigenvalue weighted by atomic mass is 10.3. The van der Waals surface area contributed by atoms with E-state index < -0.39 is 0 Å². The zero-order valence-electron chi connectivity index (χ0n) is 8.76. The number of para-hydroxylation sites is 2. The monoisotopic (exact) mass is 213 g/mol. The Balaban J connectivity index is 2.51. The molecule has 16 heavy (non-hydrogen) atoms. The largest absolute Gasteiger partial charge is 0.327 e. The first kappa shape index (κ1) is 10.4. The molecule has 0 spiro atoms. The van der Waals surface area contributed by atoms with Crippen LogP contribution >= 0.6 is 0 Å². The summed E-state index contributed by atoms with van der Waals surface area (Å²) in [6.07, 6.45) is 1.55. The second-order valence-corrected chi connectivity index (χ2v) is 3.45. The molecule has 0 amide bonds. The van der Waals surface area contributed by atoms with Crippen LogP contribution in [-0.2, 0) is 17.8 Å². The fourth-order valence-electron chi connectivity index (χ4n) is 1.77. The average molecular weight is 213 g/mol. The molecule has 0 radical (unpaired) electrons. The van der Waals surface area contributed by atoms with E-state index in [0.29, 0.717) is 19.4 Å². The molecular formula is C12H11N3O. The highest BCUT2D eigenvalue weighted by Gasteiger charge is 2.08. The summed E-state index contributed by atoms with van der Waals surface area (Å²) in [6.45, 7) is 0.584. The minimum absolute atomic E-state index is 0.292. The Morgan fingerprint density at radius 2 is 2.25 bits per heavy atom. The van der Waals surface area contributed by atoms with Gasteiger partial charge in [-0.05, 0) is 12.1 Å². The molecular weight excluding hydrogens is 202 g/mol. The molecule has 4 nitrogen and oxygen atoms in total. The summed E-state index contributed by atoms with van der Waals surface area (Å²) >= 11 is 0. The van der Waals surface area contributed by atoms with Crippen LogP contribution in [0.15, 0.2) is 24.3 Å². The van der Waals surface area contributed by atoms with Crippen molar-refractivity contribution in [2.45, 2.75) is 19.4 Å². The molecule has 4 heteroatoms. The molecule has 0 saturated carbocycles. The fourth-order valence-corrected chi connectivity index (χ4v) is 1.77. The van der Waals surface area contributed by atoms with Gasteiger partial charge in [0.15, 0.2) is 0 Å². The van der Waals surface area contributed by atoms with Crippen molar-refractivity contribution in [3.8, 4) is 6.07 Å². The fraction of sp³-hybridized carbons (Fsp3) is 0.250. The van der Waals surface area contributed by atoms with E-state index >= 15 is 0 Å². The number of hydrogen-bond donors (Lipinski definition) is 0. The van der Waals surface area contributed by atoms with Crippen LogP contribution in [0.4, 0.5) is 0 Å². The molecule has 0 bridgehead atoms. The summed E-state index contributed by atoms with van der Waals surface area (Å²) in [5.41, 5.74) is 1.85. The second kappa shape index (κ2) is 4.58. The van der Waals surface area contributed by atoms with Gasteiger partial charge in [-0.3, -0.25) is 0 Å². The standard InChI is InChI=1S/C12H11N3O/c13-7-3-8-15-11-5-2-1-4-10(11)14-12(15)6-9-16/h1-2,4-5,9H,3,6,8H2. The zero-order chi connectivity index (χ0) is 11.4. The van der Waals surface area contributed by atoms with Crippen molar-refractivity contribution in [1.82, 2.24) is 9.55 Å². The molecule has 2 aromatic rings. The molecule has 0 aliphatic carbocycles. The number of nitriles is 1.